The van der Waals surface area contributed by atoms with Crippen LogP contribution in [0.15, 0.2) is 29.4 Å². The second kappa shape index (κ2) is 7.29. The summed E-state index contributed by atoms with van der Waals surface area (Å²) in [4.78, 5) is 17.3. The number of aromatic hydroxyl groups is 1. The van der Waals surface area contributed by atoms with Crippen LogP contribution < -0.4 is 5.32 Å². The molecule has 0 aromatic heterocycles. The summed E-state index contributed by atoms with van der Waals surface area (Å²) < 4.78 is 0. The Morgan fingerprint density at radius 2 is 2.05 bits per heavy atom. The van der Waals surface area contributed by atoms with Gasteiger partial charge in [-0.15, -0.1) is 0 Å². The lowest BCUT2D eigenvalue weighted by Gasteiger charge is -2.16. The van der Waals surface area contributed by atoms with Crippen molar-refractivity contribution in [3.05, 3.63) is 29.8 Å². The molecule has 0 bridgehead atoms. The molecule has 1 aliphatic heterocycles. The van der Waals surface area contributed by atoms with Gasteiger partial charge in [-0.25, -0.2) is 0 Å². The molecule has 0 saturated heterocycles. The fraction of sp³-hybridized carbons (Fsp3) is 0.529. The molecular formula is C17H24N2O3. The molecule has 1 aromatic carbocycles. The molecule has 22 heavy (non-hydrogen) atoms. The van der Waals surface area contributed by atoms with Crippen LogP contribution in [-0.4, -0.2) is 29.4 Å². The van der Waals surface area contributed by atoms with E-state index in [4.69, 9.17) is 4.84 Å². The van der Waals surface area contributed by atoms with E-state index in [0.717, 1.165) is 11.3 Å². The molecule has 2 rings (SSSR count). The minimum absolute atomic E-state index is 0.000318. The quantitative estimate of drug-likeness (QED) is 0.849. The summed E-state index contributed by atoms with van der Waals surface area (Å²) in [6.07, 6.45) is 0.714. The van der Waals surface area contributed by atoms with Crippen molar-refractivity contribution < 1.29 is 14.7 Å². The van der Waals surface area contributed by atoms with Gasteiger partial charge in [0.15, 0.2) is 0 Å². The fourth-order valence-corrected chi connectivity index (χ4v) is 2.15. The zero-order chi connectivity index (χ0) is 16.1. The van der Waals surface area contributed by atoms with Crippen molar-refractivity contribution >= 4 is 11.6 Å². The average Bonchev–Trinajstić information content (AvgIpc) is 2.93. The van der Waals surface area contributed by atoms with Crippen LogP contribution in [0.4, 0.5) is 0 Å². The summed E-state index contributed by atoms with van der Waals surface area (Å²) in [5.74, 6) is 1.22. The van der Waals surface area contributed by atoms with Gasteiger partial charge in [0, 0.05) is 13.0 Å². The Labute approximate surface area is 131 Å². The summed E-state index contributed by atoms with van der Waals surface area (Å²) in [5.41, 5.74) is 1.72. The number of nitrogens with one attached hydrogen (secondary N) is 1. The van der Waals surface area contributed by atoms with Gasteiger partial charge in [0.2, 0.25) is 5.91 Å². The Kier molecular flexibility index (Phi) is 5.41. The van der Waals surface area contributed by atoms with Gasteiger partial charge in [-0.3, -0.25) is 4.79 Å². The maximum atomic E-state index is 11.9. The molecule has 1 amide bonds. The Hall–Kier alpha value is -2.04. The maximum absolute atomic E-state index is 11.9. The number of phenols is 1. The predicted octanol–water partition coefficient (Wildman–Crippen LogP) is 2.68. The van der Waals surface area contributed by atoms with Crippen molar-refractivity contribution in [3.63, 3.8) is 0 Å². The van der Waals surface area contributed by atoms with E-state index in [-0.39, 0.29) is 17.8 Å². The first-order chi connectivity index (χ1) is 10.5. The fourth-order valence-electron chi connectivity index (χ4n) is 2.15. The molecule has 2 N–H and O–H groups in total. The molecule has 2 unspecified atom stereocenters. The number of hydrogen-bond acceptors (Lipinski definition) is 4. The molecule has 1 aromatic rings. The molecule has 0 fully saturated rings. The molecule has 0 saturated carbocycles. The predicted molar refractivity (Wildman–Crippen MR) is 85.8 cm³/mol. The van der Waals surface area contributed by atoms with Crippen LogP contribution in [0.1, 0.15) is 39.2 Å². The zero-order valence-corrected chi connectivity index (χ0v) is 13.4. The van der Waals surface area contributed by atoms with E-state index in [1.807, 2.05) is 0 Å². The van der Waals surface area contributed by atoms with Crippen LogP contribution in [0, 0.1) is 11.8 Å². The van der Waals surface area contributed by atoms with E-state index >= 15 is 0 Å². The van der Waals surface area contributed by atoms with Gasteiger partial charge in [-0.1, -0.05) is 25.9 Å². The summed E-state index contributed by atoms with van der Waals surface area (Å²) >= 11 is 0. The SMILES string of the molecule is CC(C)C(C)CNC(=O)CC1CC(c2ccc(O)cc2)=NO1. The van der Waals surface area contributed by atoms with Crippen LogP contribution >= 0.6 is 0 Å². The van der Waals surface area contributed by atoms with Crippen LogP contribution in [0.25, 0.3) is 0 Å². The Morgan fingerprint density at radius 1 is 1.36 bits per heavy atom. The summed E-state index contributed by atoms with van der Waals surface area (Å²) in [7, 11) is 0. The van der Waals surface area contributed by atoms with Crippen molar-refractivity contribution in [3.8, 4) is 5.75 Å². The van der Waals surface area contributed by atoms with Gasteiger partial charge < -0.3 is 15.3 Å². The van der Waals surface area contributed by atoms with E-state index in [1.54, 1.807) is 24.3 Å². The maximum Gasteiger partial charge on any atom is 0.223 e. The molecule has 1 heterocycles. The first-order valence-electron chi connectivity index (χ1n) is 7.74. The number of benzene rings is 1. The summed E-state index contributed by atoms with van der Waals surface area (Å²) in [5, 5.41) is 16.3. The number of oxime groups is 1. The highest BCUT2D eigenvalue weighted by Crippen LogP contribution is 2.20. The molecule has 1 aliphatic rings. The molecule has 0 aliphatic carbocycles. The first-order valence-corrected chi connectivity index (χ1v) is 7.74. The molecule has 2 atom stereocenters. The van der Waals surface area contributed by atoms with Gasteiger partial charge in [-0.2, -0.15) is 0 Å². The summed E-state index contributed by atoms with van der Waals surface area (Å²) in [6, 6.07) is 6.82. The van der Waals surface area contributed by atoms with Gasteiger partial charge in [0.25, 0.3) is 0 Å². The van der Waals surface area contributed by atoms with Crippen molar-refractivity contribution in [2.45, 2.75) is 39.7 Å². The molecule has 5 heteroatoms. The number of carbonyl (C=O) groups excluding carboxylic acids is 1. The number of phenolic OH excluding ortho intramolecular Hbond substituents is 1. The molecule has 120 valence electrons. The van der Waals surface area contributed by atoms with E-state index in [0.29, 0.717) is 31.2 Å². The van der Waals surface area contributed by atoms with Crippen LogP contribution in [0.5, 0.6) is 5.75 Å². The number of hydrogen-bond donors (Lipinski definition) is 2. The van der Waals surface area contributed by atoms with Crippen molar-refractivity contribution in [1.82, 2.24) is 5.32 Å². The van der Waals surface area contributed by atoms with Crippen LogP contribution in [0.3, 0.4) is 0 Å². The lowest BCUT2D eigenvalue weighted by molar-refractivity contribution is -0.123. The lowest BCUT2D eigenvalue weighted by Crippen LogP contribution is -2.32. The zero-order valence-electron chi connectivity index (χ0n) is 13.4. The molecule has 0 spiro atoms. The highest BCUT2D eigenvalue weighted by atomic mass is 16.6. The number of nitrogens with zero attached hydrogens (tertiary/aromatic N) is 1. The summed E-state index contributed by atoms with van der Waals surface area (Å²) in [6.45, 7) is 7.11. The highest BCUT2D eigenvalue weighted by Gasteiger charge is 2.24. The second-order valence-electron chi connectivity index (χ2n) is 6.25. The number of carbonyl (C=O) groups is 1. The third kappa shape index (κ3) is 4.48. The molecule has 5 nitrogen and oxygen atoms in total. The molecule has 0 radical (unpaired) electrons. The number of amides is 1. The normalized spacial score (nSPS) is 18.7. The minimum atomic E-state index is -0.210. The standard InChI is InChI=1S/C17H24N2O3/c1-11(2)12(3)10-18-17(21)9-15-8-16(19-22-15)13-4-6-14(20)7-5-13/h4-7,11-12,15,20H,8-10H2,1-3H3,(H,18,21). The Bertz CT molecular complexity index is 537. The minimum Gasteiger partial charge on any atom is -0.508 e. The topological polar surface area (TPSA) is 70.9 Å². The van der Waals surface area contributed by atoms with E-state index in [1.165, 1.54) is 0 Å². The van der Waals surface area contributed by atoms with E-state index in [9.17, 15) is 9.90 Å². The highest BCUT2D eigenvalue weighted by molar-refractivity contribution is 6.01. The van der Waals surface area contributed by atoms with Crippen molar-refractivity contribution in [1.29, 1.82) is 0 Å². The molecular weight excluding hydrogens is 280 g/mol. The third-order valence-electron chi connectivity index (χ3n) is 4.11. The first kappa shape index (κ1) is 16.3. The Morgan fingerprint density at radius 3 is 2.68 bits per heavy atom. The van der Waals surface area contributed by atoms with Crippen LogP contribution in [0.2, 0.25) is 0 Å². The second-order valence-corrected chi connectivity index (χ2v) is 6.25. The van der Waals surface area contributed by atoms with Gasteiger partial charge in [0.1, 0.15) is 11.9 Å². The van der Waals surface area contributed by atoms with Gasteiger partial charge >= 0.3 is 0 Å². The largest absolute Gasteiger partial charge is 0.508 e. The lowest BCUT2D eigenvalue weighted by atomic mass is 9.98. The number of rotatable bonds is 6. The third-order valence-corrected chi connectivity index (χ3v) is 4.11. The van der Waals surface area contributed by atoms with Crippen molar-refractivity contribution in [2.24, 2.45) is 17.0 Å². The van der Waals surface area contributed by atoms with Crippen LogP contribution in [-0.2, 0) is 9.63 Å². The monoisotopic (exact) mass is 304 g/mol. The van der Waals surface area contributed by atoms with E-state index in [2.05, 4.69) is 31.2 Å². The smallest absolute Gasteiger partial charge is 0.223 e. The van der Waals surface area contributed by atoms with E-state index < -0.39 is 0 Å². The van der Waals surface area contributed by atoms with Gasteiger partial charge in [0.05, 0.1) is 12.1 Å². The van der Waals surface area contributed by atoms with Crippen molar-refractivity contribution in [2.75, 3.05) is 6.54 Å². The average molecular weight is 304 g/mol. The Balaban J connectivity index is 1.78. The van der Waals surface area contributed by atoms with Gasteiger partial charge in [-0.05, 0) is 41.7 Å².